The highest BCUT2D eigenvalue weighted by Gasteiger charge is 2.38. The minimum Gasteiger partial charge on any atom is -0.479 e. The van der Waals surface area contributed by atoms with Crippen LogP contribution in [0.2, 0.25) is 0 Å². The van der Waals surface area contributed by atoms with E-state index in [1.54, 1.807) is 11.9 Å². The van der Waals surface area contributed by atoms with Gasteiger partial charge >= 0.3 is 5.97 Å². The Bertz CT molecular complexity index is 1460. The van der Waals surface area contributed by atoms with Crippen LogP contribution in [0.5, 0.6) is 0 Å². The van der Waals surface area contributed by atoms with Crippen LogP contribution < -0.4 is 4.90 Å². The van der Waals surface area contributed by atoms with Crippen LogP contribution in [0.4, 0.5) is 5.69 Å². The predicted molar refractivity (Wildman–Crippen MR) is 155 cm³/mol. The summed E-state index contributed by atoms with van der Waals surface area (Å²) in [6.45, 7) is 13.6. The zero-order chi connectivity index (χ0) is 28.8. The lowest BCUT2D eigenvalue weighted by Gasteiger charge is -2.36. The minimum atomic E-state index is -1.22. The van der Waals surface area contributed by atoms with Crippen molar-refractivity contribution in [1.82, 2.24) is 0 Å². The van der Waals surface area contributed by atoms with Crippen LogP contribution in [0.3, 0.4) is 0 Å². The van der Waals surface area contributed by atoms with Crippen molar-refractivity contribution >= 4 is 17.6 Å². The number of hydrogen-bond acceptors (Lipinski definition) is 4. The molecule has 1 heterocycles. The number of carbonyl (C=O) groups is 2. The summed E-state index contributed by atoms with van der Waals surface area (Å²) in [5.41, 5.74) is 9.94. The largest absolute Gasteiger partial charge is 0.479 e. The van der Waals surface area contributed by atoms with E-state index >= 15 is 0 Å². The zero-order valence-corrected chi connectivity index (χ0v) is 24.2. The monoisotopic (exact) mass is 529 g/mol. The molecule has 0 aliphatic carbocycles. The van der Waals surface area contributed by atoms with E-state index in [4.69, 9.17) is 4.74 Å². The van der Waals surface area contributed by atoms with Crippen molar-refractivity contribution in [3.63, 3.8) is 0 Å². The molecule has 2 N–H and O–H groups in total. The number of aliphatic hydroxyl groups is 1. The third-order valence-electron chi connectivity index (χ3n) is 7.72. The summed E-state index contributed by atoms with van der Waals surface area (Å²) < 4.78 is 6.25. The number of anilines is 1. The molecule has 1 amide bonds. The Morgan fingerprint density at radius 3 is 2.13 bits per heavy atom. The van der Waals surface area contributed by atoms with Gasteiger partial charge < -0.3 is 19.8 Å². The molecule has 6 heteroatoms. The molecule has 0 saturated heterocycles. The molecule has 1 unspecified atom stereocenters. The number of fused-ring (bicyclic) bond motifs is 1. The molecule has 0 saturated carbocycles. The minimum absolute atomic E-state index is 0.0136. The summed E-state index contributed by atoms with van der Waals surface area (Å²) in [5, 5.41) is 20.3. The average molecular weight is 530 g/mol. The topological polar surface area (TPSA) is 87.1 Å². The zero-order valence-electron chi connectivity index (χ0n) is 24.2. The van der Waals surface area contributed by atoms with Crippen molar-refractivity contribution in [2.24, 2.45) is 0 Å². The first-order chi connectivity index (χ1) is 18.2. The van der Waals surface area contributed by atoms with Gasteiger partial charge in [0, 0.05) is 24.6 Å². The first kappa shape index (κ1) is 28.5. The lowest BCUT2D eigenvalue weighted by molar-refractivity contribution is -0.160. The number of rotatable bonds is 6. The summed E-state index contributed by atoms with van der Waals surface area (Å²) in [5.74, 6) is -1.08. The fourth-order valence-corrected chi connectivity index (χ4v) is 5.61. The standard InChI is InChI=1S/C33H39NO5/c1-18-9-10-22(15-19(18)2)27-21(4)28(23-11-12-24(17-35)20(3)16-23)30-25(13-14-26(36)34(30)8)29(27)31(32(37)38)39-33(5,6)7/h9-12,15-16,31,35H,13-14,17H2,1-8H3,(H,37,38). The molecule has 0 bridgehead atoms. The number of hydrogen-bond donors (Lipinski definition) is 2. The molecule has 1 atom stereocenters. The van der Waals surface area contributed by atoms with Gasteiger partial charge in [0.05, 0.1) is 17.9 Å². The Balaban J connectivity index is 2.20. The smallest absolute Gasteiger partial charge is 0.337 e. The average Bonchev–Trinajstić information content (AvgIpc) is 2.85. The molecule has 0 radical (unpaired) electrons. The highest BCUT2D eigenvalue weighted by molar-refractivity contribution is 6.04. The fourth-order valence-electron chi connectivity index (χ4n) is 5.61. The van der Waals surface area contributed by atoms with Gasteiger partial charge in [0.15, 0.2) is 6.10 Å². The van der Waals surface area contributed by atoms with Gasteiger partial charge in [-0.25, -0.2) is 4.79 Å². The van der Waals surface area contributed by atoms with Crippen molar-refractivity contribution in [3.8, 4) is 22.3 Å². The number of ether oxygens (including phenoxy) is 1. The van der Waals surface area contributed by atoms with Crippen LogP contribution in [-0.4, -0.2) is 34.7 Å². The van der Waals surface area contributed by atoms with E-state index < -0.39 is 17.7 Å². The van der Waals surface area contributed by atoms with Gasteiger partial charge in [-0.1, -0.05) is 36.4 Å². The molecular formula is C33H39NO5. The maximum atomic E-state index is 13.0. The van der Waals surface area contributed by atoms with Gasteiger partial charge in [-0.15, -0.1) is 0 Å². The number of carbonyl (C=O) groups excluding carboxylic acids is 1. The van der Waals surface area contributed by atoms with Gasteiger partial charge in [-0.3, -0.25) is 4.79 Å². The number of benzene rings is 3. The second-order valence-electron chi connectivity index (χ2n) is 11.6. The predicted octanol–water partition coefficient (Wildman–Crippen LogP) is 6.60. The Labute approximate surface area is 231 Å². The van der Waals surface area contributed by atoms with Crippen LogP contribution in [0.1, 0.15) is 72.2 Å². The van der Waals surface area contributed by atoms with Crippen LogP contribution >= 0.6 is 0 Å². The first-order valence-corrected chi connectivity index (χ1v) is 13.4. The third kappa shape index (κ3) is 5.36. The van der Waals surface area contributed by atoms with E-state index in [1.165, 1.54) is 0 Å². The highest BCUT2D eigenvalue weighted by Crippen LogP contribution is 2.50. The molecule has 0 spiro atoms. The van der Waals surface area contributed by atoms with E-state index in [-0.39, 0.29) is 18.9 Å². The Hall–Kier alpha value is -3.48. The molecule has 6 nitrogen and oxygen atoms in total. The lowest BCUT2D eigenvalue weighted by atomic mass is 9.78. The Kier molecular flexibility index (Phi) is 7.75. The fraction of sp³-hybridized carbons (Fsp3) is 0.394. The number of aliphatic hydroxyl groups excluding tert-OH is 1. The molecular weight excluding hydrogens is 490 g/mol. The second kappa shape index (κ2) is 10.6. The van der Waals surface area contributed by atoms with Crippen LogP contribution in [0, 0.1) is 27.7 Å². The van der Waals surface area contributed by atoms with Gasteiger partial charge in [-0.05, 0) is 105 Å². The lowest BCUT2D eigenvalue weighted by Crippen LogP contribution is -2.35. The van der Waals surface area contributed by atoms with E-state index in [2.05, 4.69) is 26.0 Å². The van der Waals surface area contributed by atoms with Crippen molar-refractivity contribution < 1.29 is 24.5 Å². The molecule has 0 fully saturated rings. The number of nitrogens with zero attached hydrogens (tertiary/aromatic N) is 1. The van der Waals surface area contributed by atoms with Crippen LogP contribution in [0.15, 0.2) is 36.4 Å². The summed E-state index contributed by atoms with van der Waals surface area (Å²) in [6.07, 6.45) is -0.511. The number of amides is 1. The van der Waals surface area contributed by atoms with Crippen molar-refractivity contribution in [2.45, 2.75) is 79.6 Å². The quantitative estimate of drug-likeness (QED) is 0.376. The van der Waals surface area contributed by atoms with E-state index in [0.29, 0.717) is 12.0 Å². The molecule has 3 aromatic rings. The second-order valence-corrected chi connectivity index (χ2v) is 11.6. The maximum Gasteiger partial charge on any atom is 0.337 e. The molecule has 1 aliphatic heterocycles. The summed E-state index contributed by atoms with van der Waals surface area (Å²) in [4.78, 5) is 27.6. The Morgan fingerprint density at radius 2 is 1.56 bits per heavy atom. The molecule has 1 aliphatic rings. The molecule has 206 valence electrons. The van der Waals surface area contributed by atoms with Gasteiger partial charge in [0.2, 0.25) is 5.91 Å². The number of carboxylic acids is 1. The molecule has 3 aromatic carbocycles. The Morgan fingerprint density at radius 1 is 0.949 bits per heavy atom. The van der Waals surface area contributed by atoms with Crippen LogP contribution in [0.25, 0.3) is 22.3 Å². The first-order valence-electron chi connectivity index (χ1n) is 13.4. The van der Waals surface area contributed by atoms with E-state index in [9.17, 15) is 19.8 Å². The summed E-state index contributed by atoms with van der Waals surface area (Å²) in [6, 6.07) is 12.1. The number of carboxylic acid groups (broad SMARTS) is 1. The maximum absolute atomic E-state index is 13.0. The third-order valence-corrected chi connectivity index (χ3v) is 7.72. The molecule has 39 heavy (non-hydrogen) atoms. The van der Waals surface area contributed by atoms with Crippen molar-refractivity contribution in [1.29, 1.82) is 0 Å². The normalized spacial score (nSPS) is 14.4. The van der Waals surface area contributed by atoms with E-state index in [1.807, 2.05) is 58.9 Å². The number of aryl methyl sites for hydroxylation is 3. The van der Waals surface area contributed by atoms with Gasteiger partial charge in [0.1, 0.15) is 0 Å². The summed E-state index contributed by atoms with van der Waals surface area (Å²) in [7, 11) is 1.76. The van der Waals surface area contributed by atoms with E-state index in [0.717, 1.165) is 61.3 Å². The van der Waals surface area contributed by atoms with Crippen molar-refractivity contribution in [2.75, 3.05) is 11.9 Å². The van der Waals surface area contributed by atoms with Crippen molar-refractivity contribution in [3.05, 3.63) is 75.3 Å². The van der Waals surface area contributed by atoms with Crippen LogP contribution in [-0.2, 0) is 27.4 Å². The SMILES string of the molecule is Cc1ccc(-c2c(C)c(-c3ccc(CO)c(C)c3)c3c(c2C(OC(C)(C)C)C(=O)O)CCC(=O)N3C)cc1C. The molecule has 0 aromatic heterocycles. The van der Waals surface area contributed by atoms with Gasteiger partial charge in [-0.2, -0.15) is 0 Å². The number of aliphatic carboxylic acids is 1. The van der Waals surface area contributed by atoms with Gasteiger partial charge in [0.25, 0.3) is 0 Å². The highest BCUT2D eigenvalue weighted by atomic mass is 16.5. The summed E-state index contributed by atoms with van der Waals surface area (Å²) >= 11 is 0. The molecule has 4 rings (SSSR count).